The van der Waals surface area contributed by atoms with Crippen LogP contribution in [0, 0.1) is 11.3 Å². The molecule has 1 rings (SSSR count). The van der Waals surface area contributed by atoms with Crippen molar-refractivity contribution in [1.29, 1.82) is 0 Å². The van der Waals surface area contributed by atoms with Crippen molar-refractivity contribution in [3.05, 3.63) is 23.8 Å². The molecule has 0 saturated carbocycles. The molecule has 0 heterocycles. The molecule has 1 aliphatic carbocycles. The number of carboxylic acid groups (broad SMARTS) is 2. The number of carbonyl (C=O) groups excluding carboxylic acids is 2. The molecule has 0 aromatic carbocycles. The second kappa shape index (κ2) is 3.29. The van der Waals surface area contributed by atoms with Crippen molar-refractivity contribution in [2.24, 2.45) is 11.3 Å². The van der Waals surface area contributed by atoms with Crippen molar-refractivity contribution in [3.63, 3.8) is 0 Å². The Labute approximate surface area is 81.6 Å². The van der Waals surface area contributed by atoms with E-state index in [1.165, 1.54) is 18.2 Å². The van der Waals surface area contributed by atoms with Crippen molar-refractivity contribution in [2.45, 2.75) is 13.8 Å². The molecule has 0 radical (unpaired) electrons. The van der Waals surface area contributed by atoms with Gasteiger partial charge in [0.2, 0.25) is 0 Å². The summed E-state index contributed by atoms with van der Waals surface area (Å²) in [4.78, 5) is 21.2. The number of carbonyl (C=O) groups is 2. The lowest BCUT2D eigenvalue weighted by atomic mass is 9.74. The molecule has 1 atom stereocenters. The van der Waals surface area contributed by atoms with Gasteiger partial charge in [-0.25, -0.2) is 0 Å². The summed E-state index contributed by atoms with van der Waals surface area (Å²) in [6, 6.07) is 0. The molecule has 1 aliphatic rings. The van der Waals surface area contributed by atoms with Crippen molar-refractivity contribution in [1.82, 2.24) is 0 Å². The van der Waals surface area contributed by atoms with E-state index in [0.717, 1.165) is 0 Å². The smallest absolute Gasteiger partial charge is 0.0712 e. The van der Waals surface area contributed by atoms with E-state index in [9.17, 15) is 19.8 Å². The fraction of sp³-hybridized carbons (Fsp3) is 0.400. The van der Waals surface area contributed by atoms with Gasteiger partial charge in [0.25, 0.3) is 0 Å². The van der Waals surface area contributed by atoms with E-state index in [1.807, 2.05) is 0 Å². The molecular weight excluding hydrogens is 184 g/mol. The lowest BCUT2D eigenvalue weighted by Crippen LogP contribution is -2.40. The van der Waals surface area contributed by atoms with Gasteiger partial charge >= 0.3 is 0 Å². The molecule has 76 valence electrons. The highest BCUT2D eigenvalue weighted by Gasteiger charge is 2.29. The predicted molar refractivity (Wildman–Crippen MR) is 44.5 cm³/mol. The predicted octanol–water partition coefficient (Wildman–Crippen LogP) is -1.38. The number of rotatable bonds is 2. The van der Waals surface area contributed by atoms with E-state index >= 15 is 0 Å². The molecule has 0 aromatic heterocycles. The maximum atomic E-state index is 10.7. The van der Waals surface area contributed by atoms with Crippen LogP contribution in [0.3, 0.4) is 0 Å². The van der Waals surface area contributed by atoms with Crippen LogP contribution in [0.2, 0.25) is 0 Å². The Hall–Kier alpha value is -1.58. The van der Waals surface area contributed by atoms with Gasteiger partial charge in [-0.2, -0.15) is 0 Å². The standard InChI is InChI=1S/C10H12O4/c1-10(2)5-6(8(11)12)3-4-7(10)9(13)14/h3-5,7H,1-2H3,(H,11,12)(H,13,14)/p-2. The minimum atomic E-state index is -1.30. The second-order valence-electron chi connectivity index (χ2n) is 3.86. The van der Waals surface area contributed by atoms with E-state index < -0.39 is 23.3 Å². The van der Waals surface area contributed by atoms with Gasteiger partial charge in [0, 0.05) is 11.9 Å². The number of hydrogen-bond donors (Lipinski definition) is 0. The van der Waals surface area contributed by atoms with Crippen molar-refractivity contribution < 1.29 is 19.8 Å². The monoisotopic (exact) mass is 194 g/mol. The van der Waals surface area contributed by atoms with Crippen molar-refractivity contribution in [2.75, 3.05) is 0 Å². The zero-order valence-corrected chi connectivity index (χ0v) is 7.94. The Bertz CT molecular complexity index is 336. The van der Waals surface area contributed by atoms with Crippen molar-refractivity contribution in [3.8, 4) is 0 Å². The Balaban J connectivity index is 3.04. The summed E-state index contributed by atoms with van der Waals surface area (Å²) in [5, 5.41) is 21.2. The summed E-state index contributed by atoms with van der Waals surface area (Å²) < 4.78 is 0. The summed E-state index contributed by atoms with van der Waals surface area (Å²) in [7, 11) is 0. The van der Waals surface area contributed by atoms with Crippen molar-refractivity contribution >= 4 is 11.9 Å². The number of aliphatic carboxylic acids is 2. The maximum absolute atomic E-state index is 10.7. The Kier molecular flexibility index (Phi) is 2.47. The average Bonchev–Trinajstić information content (AvgIpc) is 2.01. The van der Waals surface area contributed by atoms with Gasteiger partial charge in [-0.1, -0.05) is 32.1 Å². The SMILES string of the molecule is CC1(C)C=C(C(=O)[O-])C=CC1C(=O)[O-]. The third kappa shape index (κ3) is 1.84. The molecule has 4 heteroatoms. The van der Waals surface area contributed by atoms with Crippen LogP contribution in [-0.2, 0) is 9.59 Å². The number of hydrogen-bond acceptors (Lipinski definition) is 4. The molecule has 4 nitrogen and oxygen atoms in total. The number of carboxylic acids is 2. The van der Waals surface area contributed by atoms with Crippen LogP contribution in [0.5, 0.6) is 0 Å². The lowest BCUT2D eigenvalue weighted by Gasteiger charge is -2.33. The molecule has 0 fully saturated rings. The van der Waals surface area contributed by atoms with E-state index in [-0.39, 0.29) is 5.57 Å². The zero-order chi connectivity index (χ0) is 10.9. The molecule has 14 heavy (non-hydrogen) atoms. The topological polar surface area (TPSA) is 80.3 Å². The largest absolute Gasteiger partial charge is 0.549 e. The Morgan fingerprint density at radius 3 is 2.29 bits per heavy atom. The molecule has 1 unspecified atom stereocenters. The lowest BCUT2D eigenvalue weighted by molar-refractivity contribution is -0.312. The first-order valence-electron chi connectivity index (χ1n) is 4.18. The van der Waals surface area contributed by atoms with Gasteiger partial charge in [-0.05, 0) is 11.0 Å². The van der Waals surface area contributed by atoms with Gasteiger partial charge in [0.05, 0.1) is 5.97 Å². The molecule has 0 saturated heterocycles. The second-order valence-corrected chi connectivity index (χ2v) is 3.86. The fourth-order valence-electron chi connectivity index (χ4n) is 1.50. The van der Waals surface area contributed by atoms with Gasteiger partial charge in [-0.15, -0.1) is 0 Å². The van der Waals surface area contributed by atoms with Crippen LogP contribution in [-0.4, -0.2) is 11.9 Å². The third-order valence-corrected chi connectivity index (χ3v) is 2.29. The van der Waals surface area contributed by atoms with Gasteiger partial charge < -0.3 is 19.8 Å². The summed E-state index contributed by atoms with van der Waals surface area (Å²) in [6.45, 7) is 3.28. The molecule has 0 bridgehead atoms. The first kappa shape index (κ1) is 10.5. The van der Waals surface area contributed by atoms with Crippen LogP contribution in [0.4, 0.5) is 0 Å². The maximum Gasteiger partial charge on any atom is 0.0712 e. The van der Waals surface area contributed by atoms with E-state index in [4.69, 9.17) is 0 Å². The molecule has 0 spiro atoms. The number of allylic oxidation sites excluding steroid dienone is 1. The highest BCUT2D eigenvalue weighted by atomic mass is 16.4. The summed E-state index contributed by atoms with van der Waals surface area (Å²) >= 11 is 0. The zero-order valence-electron chi connectivity index (χ0n) is 7.94. The van der Waals surface area contributed by atoms with E-state index in [0.29, 0.717) is 0 Å². The first-order chi connectivity index (χ1) is 6.34. The minimum absolute atomic E-state index is 0.00694. The van der Waals surface area contributed by atoms with Crippen LogP contribution in [0.1, 0.15) is 13.8 Å². The highest BCUT2D eigenvalue weighted by molar-refractivity contribution is 5.89. The Morgan fingerprint density at radius 1 is 1.36 bits per heavy atom. The highest BCUT2D eigenvalue weighted by Crippen LogP contribution is 2.34. The minimum Gasteiger partial charge on any atom is -0.549 e. The van der Waals surface area contributed by atoms with Gasteiger partial charge in [0.1, 0.15) is 0 Å². The summed E-state index contributed by atoms with van der Waals surface area (Å²) in [6.07, 6.45) is 3.93. The first-order valence-corrected chi connectivity index (χ1v) is 4.18. The van der Waals surface area contributed by atoms with Crippen LogP contribution >= 0.6 is 0 Å². The van der Waals surface area contributed by atoms with Gasteiger partial charge in [-0.3, -0.25) is 0 Å². The van der Waals surface area contributed by atoms with Crippen LogP contribution in [0.25, 0.3) is 0 Å². The molecule has 0 aliphatic heterocycles. The van der Waals surface area contributed by atoms with Crippen LogP contribution < -0.4 is 10.2 Å². The third-order valence-electron chi connectivity index (χ3n) is 2.29. The quantitative estimate of drug-likeness (QED) is 0.543. The molecule has 0 aromatic rings. The molecule has 0 N–H and O–H groups in total. The molecular formula is C10H10O4-2. The summed E-state index contributed by atoms with van der Waals surface area (Å²) in [5.41, 5.74) is -0.754. The Morgan fingerprint density at radius 2 is 1.93 bits per heavy atom. The summed E-state index contributed by atoms with van der Waals surface area (Å²) in [5.74, 6) is -3.31. The fourth-order valence-corrected chi connectivity index (χ4v) is 1.50. The molecule has 0 amide bonds. The average molecular weight is 194 g/mol. The van der Waals surface area contributed by atoms with E-state index in [2.05, 4.69) is 0 Å². The normalized spacial score (nSPS) is 24.1. The van der Waals surface area contributed by atoms with E-state index in [1.54, 1.807) is 13.8 Å². The van der Waals surface area contributed by atoms with Crippen LogP contribution in [0.15, 0.2) is 23.8 Å². The van der Waals surface area contributed by atoms with Gasteiger partial charge in [0.15, 0.2) is 0 Å².